The first-order chi connectivity index (χ1) is 7.34. The third kappa shape index (κ3) is 3.00. The Hall–Kier alpha value is -1.46. The van der Waals surface area contributed by atoms with E-state index in [1.165, 1.54) is 11.5 Å². The van der Waals surface area contributed by atoms with Crippen LogP contribution >= 0.6 is 11.5 Å². The van der Waals surface area contributed by atoms with E-state index in [2.05, 4.69) is 9.36 Å². The van der Waals surface area contributed by atoms with Crippen LogP contribution in [0.25, 0.3) is 0 Å². The molecule has 0 radical (unpaired) electrons. The highest BCUT2D eigenvalue weighted by molar-refractivity contribution is 7.09. The molecule has 0 aliphatic carbocycles. The van der Waals surface area contributed by atoms with Gasteiger partial charge in [-0.2, -0.15) is 4.37 Å². The number of ether oxygens (including phenoxy) is 1. The minimum absolute atomic E-state index is 0.405. The first-order valence-corrected chi connectivity index (χ1v) is 5.31. The van der Waals surface area contributed by atoms with E-state index < -0.39 is 0 Å². The molecule has 0 spiro atoms. The molecule has 2 N–H and O–H groups in total. The van der Waals surface area contributed by atoms with Gasteiger partial charge in [-0.1, -0.05) is 30.3 Å². The summed E-state index contributed by atoms with van der Waals surface area (Å²) < 4.78 is 9.47. The lowest BCUT2D eigenvalue weighted by Gasteiger charge is -2.00. The van der Waals surface area contributed by atoms with E-state index in [1.54, 1.807) is 0 Å². The van der Waals surface area contributed by atoms with E-state index in [9.17, 15) is 0 Å². The molecule has 0 fully saturated rings. The van der Waals surface area contributed by atoms with Gasteiger partial charge in [0.05, 0.1) is 6.61 Å². The molecule has 78 valence electrons. The molecule has 0 saturated heterocycles. The average Bonchev–Trinajstić information content (AvgIpc) is 2.66. The van der Waals surface area contributed by atoms with Gasteiger partial charge in [0.1, 0.15) is 6.61 Å². The second-order valence-electron chi connectivity index (χ2n) is 3.03. The second kappa shape index (κ2) is 4.86. The maximum Gasteiger partial charge on any atom is 0.200 e. The summed E-state index contributed by atoms with van der Waals surface area (Å²) in [6.45, 7) is 0.975. The maximum absolute atomic E-state index is 5.45. The fraction of sp³-hybridized carbons (Fsp3) is 0.200. The van der Waals surface area contributed by atoms with Crippen LogP contribution in [-0.2, 0) is 18.0 Å². The van der Waals surface area contributed by atoms with Gasteiger partial charge in [0.2, 0.25) is 0 Å². The van der Waals surface area contributed by atoms with E-state index in [4.69, 9.17) is 10.5 Å². The molecule has 1 aromatic heterocycles. The summed E-state index contributed by atoms with van der Waals surface area (Å²) in [5.74, 6) is 0.647. The Bertz CT molecular complexity index is 416. The molecule has 4 nitrogen and oxygen atoms in total. The normalized spacial score (nSPS) is 10.4. The minimum Gasteiger partial charge on any atom is -0.374 e. The molecule has 1 aromatic carbocycles. The molecular formula is C10H11N3OS. The van der Waals surface area contributed by atoms with Crippen molar-refractivity contribution in [1.29, 1.82) is 0 Å². The van der Waals surface area contributed by atoms with Gasteiger partial charge in [0.25, 0.3) is 0 Å². The van der Waals surface area contributed by atoms with Crippen LogP contribution in [-0.4, -0.2) is 9.36 Å². The van der Waals surface area contributed by atoms with Gasteiger partial charge in [-0.3, -0.25) is 0 Å². The van der Waals surface area contributed by atoms with Crippen LogP contribution < -0.4 is 5.73 Å². The summed E-state index contributed by atoms with van der Waals surface area (Å²) in [4.78, 5) is 4.00. The minimum atomic E-state index is 0.405. The van der Waals surface area contributed by atoms with Gasteiger partial charge >= 0.3 is 0 Å². The zero-order valence-electron chi connectivity index (χ0n) is 8.09. The quantitative estimate of drug-likeness (QED) is 0.855. The van der Waals surface area contributed by atoms with Crippen LogP contribution in [0.1, 0.15) is 11.4 Å². The van der Waals surface area contributed by atoms with E-state index in [-0.39, 0.29) is 0 Å². The molecule has 0 bridgehead atoms. The molecule has 0 amide bonds. The molecule has 2 rings (SSSR count). The zero-order chi connectivity index (χ0) is 10.5. The number of nitrogens with two attached hydrogens (primary N) is 1. The average molecular weight is 221 g/mol. The fourth-order valence-electron chi connectivity index (χ4n) is 1.16. The number of hydrogen-bond acceptors (Lipinski definition) is 5. The largest absolute Gasteiger partial charge is 0.374 e. The van der Waals surface area contributed by atoms with Crippen molar-refractivity contribution in [1.82, 2.24) is 9.36 Å². The van der Waals surface area contributed by atoms with Gasteiger partial charge in [-0.05, 0) is 5.56 Å². The number of anilines is 1. The Labute approximate surface area is 91.9 Å². The summed E-state index contributed by atoms with van der Waals surface area (Å²) in [6.07, 6.45) is 0. The Morgan fingerprint density at radius 3 is 2.67 bits per heavy atom. The van der Waals surface area contributed by atoms with Crippen molar-refractivity contribution in [3.05, 3.63) is 41.7 Å². The topological polar surface area (TPSA) is 61.0 Å². The van der Waals surface area contributed by atoms with Crippen molar-refractivity contribution in [2.45, 2.75) is 13.2 Å². The van der Waals surface area contributed by atoms with E-state index in [0.29, 0.717) is 24.2 Å². The van der Waals surface area contributed by atoms with Crippen molar-refractivity contribution in [2.75, 3.05) is 5.73 Å². The van der Waals surface area contributed by atoms with Crippen molar-refractivity contribution >= 4 is 16.7 Å². The molecule has 2 aromatic rings. The van der Waals surface area contributed by atoms with Crippen molar-refractivity contribution < 1.29 is 4.74 Å². The Morgan fingerprint density at radius 2 is 2.00 bits per heavy atom. The van der Waals surface area contributed by atoms with Crippen LogP contribution in [0.15, 0.2) is 30.3 Å². The van der Waals surface area contributed by atoms with Crippen LogP contribution in [0.2, 0.25) is 0 Å². The van der Waals surface area contributed by atoms with Crippen LogP contribution in [0, 0.1) is 0 Å². The van der Waals surface area contributed by atoms with Gasteiger partial charge in [-0.25, -0.2) is 4.98 Å². The Morgan fingerprint density at radius 1 is 1.20 bits per heavy atom. The summed E-state index contributed by atoms with van der Waals surface area (Å²) in [7, 11) is 0. The number of nitrogen functional groups attached to an aromatic ring is 1. The lowest BCUT2D eigenvalue weighted by Crippen LogP contribution is -1.96. The standard InChI is InChI=1S/C10H11N3OS/c11-10-12-9(13-15-10)7-14-6-8-4-2-1-3-5-8/h1-5H,6-7H2,(H2,11,12,13). The number of nitrogens with zero attached hydrogens (tertiary/aromatic N) is 2. The number of aromatic nitrogens is 2. The molecule has 0 aliphatic rings. The lowest BCUT2D eigenvalue weighted by atomic mass is 10.2. The number of benzene rings is 1. The third-order valence-electron chi connectivity index (χ3n) is 1.83. The van der Waals surface area contributed by atoms with Crippen molar-refractivity contribution in [2.24, 2.45) is 0 Å². The molecule has 1 heterocycles. The van der Waals surface area contributed by atoms with Crippen molar-refractivity contribution in [3.63, 3.8) is 0 Å². The van der Waals surface area contributed by atoms with Gasteiger partial charge in [0.15, 0.2) is 11.0 Å². The molecule has 0 saturated carbocycles. The highest BCUT2D eigenvalue weighted by atomic mass is 32.1. The van der Waals surface area contributed by atoms with Gasteiger partial charge in [-0.15, -0.1) is 0 Å². The number of hydrogen-bond donors (Lipinski definition) is 1. The van der Waals surface area contributed by atoms with Crippen LogP contribution in [0.5, 0.6) is 0 Å². The van der Waals surface area contributed by atoms with Crippen LogP contribution in [0.3, 0.4) is 0 Å². The molecule has 0 unspecified atom stereocenters. The van der Waals surface area contributed by atoms with E-state index in [1.807, 2.05) is 30.3 Å². The predicted molar refractivity (Wildman–Crippen MR) is 59.3 cm³/mol. The second-order valence-corrected chi connectivity index (χ2v) is 3.81. The van der Waals surface area contributed by atoms with E-state index in [0.717, 1.165) is 5.56 Å². The summed E-state index contributed by atoms with van der Waals surface area (Å²) in [5.41, 5.74) is 6.59. The molecular weight excluding hydrogens is 210 g/mol. The van der Waals surface area contributed by atoms with E-state index >= 15 is 0 Å². The molecule has 0 aliphatic heterocycles. The molecule has 0 atom stereocenters. The predicted octanol–water partition coefficient (Wildman–Crippen LogP) is 1.84. The fourth-order valence-corrected chi connectivity index (χ4v) is 1.60. The Balaban J connectivity index is 1.80. The highest BCUT2D eigenvalue weighted by Gasteiger charge is 2.00. The lowest BCUT2D eigenvalue weighted by molar-refractivity contribution is 0.102. The third-order valence-corrected chi connectivity index (χ3v) is 2.41. The zero-order valence-corrected chi connectivity index (χ0v) is 8.91. The van der Waals surface area contributed by atoms with Gasteiger partial charge in [0, 0.05) is 11.5 Å². The molecule has 15 heavy (non-hydrogen) atoms. The maximum atomic E-state index is 5.45. The summed E-state index contributed by atoms with van der Waals surface area (Å²) >= 11 is 1.19. The van der Waals surface area contributed by atoms with Gasteiger partial charge < -0.3 is 10.5 Å². The van der Waals surface area contributed by atoms with Crippen molar-refractivity contribution in [3.8, 4) is 0 Å². The smallest absolute Gasteiger partial charge is 0.200 e. The SMILES string of the molecule is Nc1nc(COCc2ccccc2)ns1. The first kappa shape index (κ1) is 10.1. The Kier molecular flexibility index (Phi) is 3.26. The number of rotatable bonds is 4. The first-order valence-electron chi connectivity index (χ1n) is 4.54. The molecule has 5 heteroatoms. The highest BCUT2D eigenvalue weighted by Crippen LogP contribution is 2.08. The van der Waals surface area contributed by atoms with Crippen LogP contribution in [0.4, 0.5) is 5.13 Å². The summed E-state index contributed by atoms with van der Waals surface area (Å²) in [6, 6.07) is 9.98. The summed E-state index contributed by atoms with van der Waals surface area (Å²) in [5, 5.41) is 0.480. The monoisotopic (exact) mass is 221 g/mol.